The van der Waals surface area contributed by atoms with Gasteiger partial charge in [0, 0.05) is 17.9 Å². The fourth-order valence-corrected chi connectivity index (χ4v) is 2.49. The molecule has 0 bridgehead atoms. The Kier molecular flexibility index (Phi) is 3.63. The molecule has 1 amide bonds. The van der Waals surface area contributed by atoms with Crippen LogP contribution in [0.4, 0.5) is 4.39 Å². The molecule has 0 radical (unpaired) electrons. The van der Waals surface area contributed by atoms with Gasteiger partial charge in [-0.15, -0.1) is 11.3 Å². The zero-order valence-corrected chi connectivity index (χ0v) is 10.9. The van der Waals surface area contributed by atoms with E-state index in [4.69, 9.17) is 0 Å². The molecular weight excluding hydrogens is 259 g/mol. The highest BCUT2D eigenvalue weighted by Crippen LogP contribution is 2.25. The lowest BCUT2D eigenvalue weighted by atomic mass is 10.2. The molecule has 2 aromatic rings. The van der Waals surface area contributed by atoms with Crippen LogP contribution in [0.3, 0.4) is 0 Å². The molecule has 0 spiro atoms. The van der Waals surface area contributed by atoms with Crippen LogP contribution < -0.4 is 5.32 Å². The van der Waals surface area contributed by atoms with E-state index >= 15 is 0 Å². The molecule has 0 unspecified atom stereocenters. The van der Waals surface area contributed by atoms with Crippen LogP contribution in [0, 0.1) is 12.7 Å². The Labute approximate surface area is 107 Å². The Morgan fingerprint density at radius 3 is 3.06 bits per heavy atom. The maximum atomic E-state index is 13.7. The number of amides is 1. The topological polar surface area (TPSA) is 42.0 Å². The summed E-state index contributed by atoms with van der Waals surface area (Å²) in [6.45, 7) is 2.27. The summed E-state index contributed by atoms with van der Waals surface area (Å²) in [4.78, 5) is 15.8. The first-order valence-corrected chi connectivity index (χ1v) is 6.52. The lowest BCUT2D eigenvalue weighted by Crippen LogP contribution is -2.25. The molecule has 0 aliphatic carbocycles. The van der Waals surface area contributed by atoms with Gasteiger partial charge in [0.1, 0.15) is 5.52 Å². The van der Waals surface area contributed by atoms with Crippen LogP contribution in [0.15, 0.2) is 12.1 Å². The highest BCUT2D eigenvalue weighted by molar-refractivity contribution is 7.80. The van der Waals surface area contributed by atoms with Crippen LogP contribution >= 0.6 is 24.0 Å². The molecule has 1 N–H and O–H groups in total. The van der Waals surface area contributed by atoms with Gasteiger partial charge in [-0.05, 0) is 19.1 Å². The molecule has 0 fully saturated rings. The van der Waals surface area contributed by atoms with Crippen molar-refractivity contribution >= 4 is 40.1 Å². The predicted molar refractivity (Wildman–Crippen MR) is 70.5 cm³/mol. The normalized spacial score (nSPS) is 10.8. The van der Waals surface area contributed by atoms with E-state index in [1.807, 2.05) is 6.92 Å². The first-order chi connectivity index (χ1) is 8.11. The largest absolute Gasteiger partial charge is 0.351 e. The van der Waals surface area contributed by atoms with Crippen LogP contribution in [-0.4, -0.2) is 23.2 Å². The van der Waals surface area contributed by atoms with Crippen LogP contribution in [0.5, 0.6) is 0 Å². The van der Waals surface area contributed by atoms with E-state index < -0.39 is 5.82 Å². The zero-order valence-electron chi connectivity index (χ0n) is 9.16. The number of carbonyl (C=O) groups is 1. The van der Waals surface area contributed by atoms with E-state index in [9.17, 15) is 9.18 Å². The molecule has 2 rings (SSSR count). The Balaban J connectivity index is 2.39. The number of carbonyl (C=O) groups excluding carboxylic acids is 1. The van der Waals surface area contributed by atoms with Gasteiger partial charge in [-0.25, -0.2) is 9.37 Å². The summed E-state index contributed by atoms with van der Waals surface area (Å²) >= 11 is 5.37. The van der Waals surface area contributed by atoms with Crippen molar-refractivity contribution in [2.24, 2.45) is 0 Å². The Morgan fingerprint density at radius 2 is 2.35 bits per heavy atom. The second-order valence-corrected chi connectivity index (χ2v) is 5.20. The quantitative estimate of drug-likeness (QED) is 0.841. The summed E-state index contributed by atoms with van der Waals surface area (Å²) in [5.74, 6) is -0.190. The maximum absolute atomic E-state index is 13.7. The third-order valence-corrected chi connectivity index (χ3v) is 3.36. The molecule has 0 aliphatic heterocycles. The van der Waals surface area contributed by atoms with Crippen molar-refractivity contribution < 1.29 is 9.18 Å². The third kappa shape index (κ3) is 2.58. The van der Waals surface area contributed by atoms with Gasteiger partial charge in [-0.3, -0.25) is 4.79 Å². The van der Waals surface area contributed by atoms with Gasteiger partial charge < -0.3 is 5.32 Å². The third-order valence-electron chi connectivity index (χ3n) is 2.21. The molecule has 1 aromatic carbocycles. The summed E-state index contributed by atoms with van der Waals surface area (Å²) < 4.78 is 14.4. The van der Waals surface area contributed by atoms with Crippen molar-refractivity contribution in [2.45, 2.75) is 6.92 Å². The van der Waals surface area contributed by atoms with Crippen molar-refractivity contribution in [1.29, 1.82) is 0 Å². The molecule has 90 valence electrons. The molecular formula is C11H11FN2OS2. The minimum absolute atomic E-state index is 0.286. The van der Waals surface area contributed by atoms with Gasteiger partial charge in [0.2, 0.25) is 0 Å². The summed E-state index contributed by atoms with van der Waals surface area (Å²) in [6, 6.07) is 2.88. The first-order valence-electron chi connectivity index (χ1n) is 5.07. The predicted octanol–water partition coefficient (Wildman–Crippen LogP) is 2.40. The van der Waals surface area contributed by atoms with E-state index in [-0.39, 0.29) is 5.91 Å². The van der Waals surface area contributed by atoms with Gasteiger partial charge in [-0.2, -0.15) is 12.6 Å². The Bertz CT molecular complexity index is 568. The highest BCUT2D eigenvalue weighted by Gasteiger charge is 2.12. The number of rotatable bonds is 3. The van der Waals surface area contributed by atoms with E-state index in [1.165, 1.54) is 17.4 Å². The maximum Gasteiger partial charge on any atom is 0.251 e. The van der Waals surface area contributed by atoms with Gasteiger partial charge in [0.15, 0.2) is 5.82 Å². The summed E-state index contributed by atoms with van der Waals surface area (Å²) in [6.07, 6.45) is 0. The van der Waals surface area contributed by atoms with Gasteiger partial charge >= 0.3 is 0 Å². The van der Waals surface area contributed by atoms with E-state index in [0.29, 0.717) is 28.1 Å². The number of nitrogens with zero attached hydrogens (tertiary/aromatic N) is 1. The average Bonchev–Trinajstić information content (AvgIpc) is 2.67. The number of hydrogen-bond acceptors (Lipinski definition) is 4. The standard InChI is InChI=1S/C11H11FN2OS2/c1-6-14-10-8(12)4-7(5-9(10)17-6)11(15)13-2-3-16/h4-5,16H,2-3H2,1H3,(H,13,15). The number of thiazole rings is 1. The summed E-state index contributed by atoms with van der Waals surface area (Å²) in [5.41, 5.74) is 0.652. The average molecular weight is 270 g/mol. The fraction of sp³-hybridized carbons (Fsp3) is 0.273. The van der Waals surface area contributed by atoms with E-state index in [0.717, 1.165) is 5.01 Å². The van der Waals surface area contributed by atoms with Crippen LogP contribution in [0.25, 0.3) is 10.2 Å². The van der Waals surface area contributed by atoms with Crippen molar-refractivity contribution in [1.82, 2.24) is 10.3 Å². The lowest BCUT2D eigenvalue weighted by molar-refractivity contribution is 0.0956. The molecule has 1 aromatic heterocycles. The van der Waals surface area contributed by atoms with Crippen molar-refractivity contribution in [3.8, 4) is 0 Å². The summed E-state index contributed by atoms with van der Waals surface area (Å²) in [7, 11) is 0. The lowest BCUT2D eigenvalue weighted by Gasteiger charge is -2.03. The van der Waals surface area contributed by atoms with Crippen LogP contribution in [0.2, 0.25) is 0 Å². The molecule has 0 saturated carbocycles. The number of benzene rings is 1. The number of aromatic nitrogens is 1. The molecule has 6 heteroatoms. The first kappa shape index (κ1) is 12.3. The molecule has 0 aliphatic rings. The number of hydrogen-bond donors (Lipinski definition) is 2. The van der Waals surface area contributed by atoms with Crippen molar-refractivity contribution in [3.05, 3.63) is 28.5 Å². The molecule has 0 atom stereocenters. The van der Waals surface area contributed by atoms with Crippen molar-refractivity contribution in [2.75, 3.05) is 12.3 Å². The van der Waals surface area contributed by atoms with Crippen molar-refractivity contribution in [3.63, 3.8) is 0 Å². The SMILES string of the molecule is Cc1nc2c(F)cc(C(=O)NCCS)cc2s1. The number of aryl methyl sites for hydroxylation is 1. The molecule has 3 nitrogen and oxygen atoms in total. The van der Waals surface area contributed by atoms with E-state index in [1.54, 1.807) is 6.07 Å². The number of thiol groups is 1. The number of nitrogens with one attached hydrogen (secondary N) is 1. The Morgan fingerprint density at radius 1 is 1.59 bits per heavy atom. The highest BCUT2D eigenvalue weighted by atomic mass is 32.1. The van der Waals surface area contributed by atoms with E-state index in [2.05, 4.69) is 22.9 Å². The van der Waals surface area contributed by atoms with Gasteiger partial charge in [0.05, 0.1) is 9.71 Å². The van der Waals surface area contributed by atoms with Crippen LogP contribution in [-0.2, 0) is 0 Å². The van der Waals surface area contributed by atoms with Gasteiger partial charge in [0.25, 0.3) is 5.91 Å². The van der Waals surface area contributed by atoms with Crippen LogP contribution in [0.1, 0.15) is 15.4 Å². The minimum atomic E-state index is -0.456. The number of fused-ring (bicyclic) bond motifs is 1. The number of halogens is 1. The smallest absolute Gasteiger partial charge is 0.251 e. The fourth-order valence-electron chi connectivity index (χ4n) is 1.50. The zero-order chi connectivity index (χ0) is 12.4. The molecule has 0 saturated heterocycles. The molecule has 1 heterocycles. The Hall–Kier alpha value is -1.14. The minimum Gasteiger partial charge on any atom is -0.351 e. The second kappa shape index (κ2) is 5.01. The summed E-state index contributed by atoms with van der Waals surface area (Å²) in [5, 5.41) is 3.43. The monoisotopic (exact) mass is 270 g/mol. The molecule has 17 heavy (non-hydrogen) atoms. The van der Waals surface area contributed by atoms with Gasteiger partial charge in [-0.1, -0.05) is 0 Å². The second-order valence-electron chi connectivity index (χ2n) is 3.52.